The fourth-order valence-electron chi connectivity index (χ4n) is 4.32. The van der Waals surface area contributed by atoms with Gasteiger partial charge in [-0.05, 0) is 62.1 Å². The van der Waals surface area contributed by atoms with Gasteiger partial charge in [0.15, 0.2) is 0 Å². The Hall–Kier alpha value is -1.95. The lowest BCUT2D eigenvalue weighted by atomic mass is 9.83. The summed E-state index contributed by atoms with van der Waals surface area (Å²) in [5.41, 5.74) is 0.590. The van der Waals surface area contributed by atoms with Gasteiger partial charge in [0.25, 0.3) is 0 Å². The molecule has 26 heavy (non-hydrogen) atoms. The molecule has 2 aliphatic rings. The van der Waals surface area contributed by atoms with Gasteiger partial charge in [0.2, 0.25) is 5.91 Å². The molecule has 1 aromatic heterocycles. The highest BCUT2D eigenvalue weighted by Crippen LogP contribution is 2.44. The minimum absolute atomic E-state index is 0.0347. The summed E-state index contributed by atoms with van der Waals surface area (Å²) in [6.45, 7) is 0.344. The van der Waals surface area contributed by atoms with Crippen LogP contribution in [-0.4, -0.2) is 39.5 Å². The van der Waals surface area contributed by atoms with Crippen molar-refractivity contribution in [3.63, 3.8) is 0 Å². The van der Waals surface area contributed by atoms with Gasteiger partial charge in [-0.1, -0.05) is 17.7 Å². The van der Waals surface area contributed by atoms with E-state index in [1.54, 1.807) is 30.5 Å². The minimum atomic E-state index is -0.893. The van der Waals surface area contributed by atoms with Crippen LogP contribution in [0.15, 0.2) is 48.7 Å². The predicted octanol–water partition coefficient (Wildman–Crippen LogP) is 3.19. The molecule has 3 heterocycles. The Morgan fingerprint density at radius 3 is 2.50 bits per heavy atom. The minimum Gasteiger partial charge on any atom is -0.383 e. The summed E-state index contributed by atoms with van der Waals surface area (Å²) in [4.78, 5) is 19.1. The first-order valence-corrected chi connectivity index (χ1v) is 9.36. The molecule has 1 amide bonds. The SMILES string of the molecule is O=C(CN1[C@H]2CC[C@H]1CC(O)(c1ccccn1)C2)Nc1ccc(Cl)cc1. The van der Waals surface area contributed by atoms with Gasteiger partial charge in [0.05, 0.1) is 12.2 Å². The summed E-state index contributed by atoms with van der Waals surface area (Å²) in [6.07, 6.45) is 4.98. The number of fused-ring (bicyclic) bond motifs is 2. The first-order valence-electron chi connectivity index (χ1n) is 8.98. The maximum absolute atomic E-state index is 12.5. The van der Waals surface area contributed by atoms with Crippen molar-refractivity contribution in [2.75, 3.05) is 11.9 Å². The fraction of sp³-hybridized carbons (Fsp3) is 0.400. The molecule has 5 nitrogen and oxygen atoms in total. The number of anilines is 1. The van der Waals surface area contributed by atoms with Gasteiger partial charge in [-0.3, -0.25) is 14.7 Å². The Balaban J connectivity index is 1.42. The molecule has 2 bridgehead atoms. The number of aliphatic hydroxyl groups is 1. The van der Waals surface area contributed by atoms with Gasteiger partial charge in [-0.2, -0.15) is 0 Å². The van der Waals surface area contributed by atoms with Crippen molar-refractivity contribution in [2.24, 2.45) is 0 Å². The maximum Gasteiger partial charge on any atom is 0.238 e. The van der Waals surface area contributed by atoms with Gasteiger partial charge >= 0.3 is 0 Å². The molecule has 0 radical (unpaired) electrons. The zero-order valence-electron chi connectivity index (χ0n) is 14.4. The number of carbonyl (C=O) groups is 1. The lowest BCUT2D eigenvalue weighted by molar-refractivity contribution is -0.121. The van der Waals surface area contributed by atoms with E-state index in [1.807, 2.05) is 18.2 Å². The number of carbonyl (C=O) groups excluding carboxylic acids is 1. The lowest BCUT2D eigenvalue weighted by Gasteiger charge is -2.43. The normalized spacial score (nSPS) is 28.1. The van der Waals surface area contributed by atoms with Gasteiger partial charge in [0, 0.05) is 29.0 Å². The van der Waals surface area contributed by atoms with Crippen LogP contribution in [0.25, 0.3) is 0 Å². The Morgan fingerprint density at radius 1 is 1.19 bits per heavy atom. The molecule has 2 atom stereocenters. The summed E-state index contributed by atoms with van der Waals surface area (Å²) in [6, 6.07) is 13.2. The molecule has 1 aromatic carbocycles. The zero-order valence-corrected chi connectivity index (χ0v) is 15.2. The van der Waals surface area contributed by atoms with Crippen molar-refractivity contribution in [1.82, 2.24) is 9.88 Å². The van der Waals surface area contributed by atoms with Crippen molar-refractivity contribution >= 4 is 23.2 Å². The number of hydrogen-bond donors (Lipinski definition) is 2. The van der Waals surface area contributed by atoms with E-state index in [1.165, 1.54) is 0 Å². The van der Waals surface area contributed by atoms with Gasteiger partial charge in [-0.25, -0.2) is 0 Å². The molecular weight excluding hydrogens is 350 g/mol. The Morgan fingerprint density at radius 2 is 1.88 bits per heavy atom. The molecule has 2 fully saturated rings. The fourth-order valence-corrected chi connectivity index (χ4v) is 4.45. The molecule has 6 heteroatoms. The van der Waals surface area contributed by atoms with Crippen LogP contribution in [0.2, 0.25) is 5.02 Å². The van der Waals surface area contributed by atoms with Crippen LogP contribution in [0.4, 0.5) is 5.69 Å². The molecule has 2 N–H and O–H groups in total. The molecule has 2 aromatic rings. The van der Waals surface area contributed by atoms with E-state index in [9.17, 15) is 9.90 Å². The standard InChI is InChI=1S/C20H22ClN3O2/c21-14-4-6-15(7-5-14)23-19(25)13-24-16-8-9-17(24)12-20(26,11-16)18-3-1-2-10-22-18/h1-7,10,16-17,26H,8-9,11-13H2,(H,23,25)/t16-,17-/m0/s1. The highest BCUT2D eigenvalue weighted by Gasteiger charge is 2.49. The Labute approximate surface area is 158 Å². The second-order valence-electron chi connectivity index (χ2n) is 7.27. The van der Waals surface area contributed by atoms with E-state index in [-0.39, 0.29) is 18.0 Å². The first-order chi connectivity index (χ1) is 12.5. The third kappa shape index (κ3) is 3.47. The smallest absolute Gasteiger partial charge is 0.238 e. The van der Waals surface area contributed by atoms with E-state index < -0.39 is 5.60 Å². The van der Waals surface area contributed by atoms with Crippen LogP contribution in [-0.2, 0) is 10.4 Å². The second kappa shape index (κ2) is 6.99. The van der Waals surface area contributed by atoms with Crippen LogP contribution < -0.4 is 5.32 Å². The van der Waals surface area contributed by atoms with Crippen molar-refractivity contribution in [3.8, 4) is 0 Å². The van der Waals surface area contributed by atoms with Crippen molar-refractivity contribution in [3.05, 3.63) is 59.4 Å². The number of halogens is 1. The van der Waals surface area contributed by atoms with E-state index in [0.29, 0.717) is 24.4 Å². The first kappa shape index (κ1) is 17.5. The van der Waals surface area contributed by atoms with Gasteiger partial charge in [0.1, 0.15) is 5.60 Å². The van der Waals surface area contributed by atoms with Crippen molar-refractivity contribution in [2.45, 2.75) is 43.4 Å². The molecule has 2 saturated heterocycles. The summed E-state index contributed by atoms with van der Waals surface area (Å²) in [5, 5.41) is 14.7. The molecular formula is C20H22ClN3O2. The van der Waals surface area contributed by atoms with Crippen LogP contribution in [0.1, 0.15) is 31.4 Å². The average molecular weight is 372 g/mol. The third-order valence-electron chi connectivity index (χ3n) is 5.51. The van der Waals surface area contributed by atoms with E-state index in [4.69, 9.17) is 11.6 Å². The number of amides is 1. The van der Waals surface area contributed by atoms with Gasteiger partial charge in [-0.15, -0.1) is 0 Å². The third-order valence-corrected chi connectivity index (χ3v) is 5.77. The van der Waals surface area contributed by atoms with Crippen LogP contribution in [0.5, 0.6) is 0 Å². The number of nitrogens with one attached hydrogen (secondary N) is 1. The molecule has 0 unspecified atom stereocenters. The number of benzene rings is 1. The second-order valence-corrected chi connectivity index (χ2v) is 7.70. The van der Waals surface area contributed by atoms with Crippen molar-refractivity contribution < 1.29 is 9.90 Å². The number of hydrogen-bond acceptors (Lipinski definition) is 4. The number of pyridine rings is 1. The molecule has 4 rings (SSSR count). The highest BCUT2D eigenvalue weighted by atomic mass is 35.5. The largest absolute Gasteiger partial charge is 0.383 e. The topological polar surface area (TPSA) is 65.5 Å². The lowest BCUT2D eigenvalue weighted by Crippen LogP contribution is -2.52. The van der Waals surface area contributed by atoms with Crippen molar-refractivity contribution in [1.29, 1.82) is 0 Å². The molecule has 0 saturated carbocycles. The van der Waals surface area contributed by atoms with Crippen LogP contribution in [0, 0.1) is 0 Å². The number of piperidine rings is 1. The van der Waals surface area contributed by atoms with E-state index in [0.717, 1.165) is 24.2 Å². The number of rotatable bonds is 4. The number of nitrogens with zero attached hydrogens (tertiary/aromatic N) is 2. The monoisotopic (exact) mass is 371 g/mol. The zero-order chi connectivity index (χ0) is 18.1. The Kier molecular flexibility index (Phi) is 4.69. The summed E-state index contributed by atoms with van der Waals surface area (Å²) in [7, 11) is 0. The number of aromatic nitrogens is 1. The molecule has 0 aliphatic carbocycles. The summed E-state index contributed by atoms with van der Waals surface area (Å²) >= 11 is 5.88. The van der Waals surface area contributed by atoms with Gasteiger partial charge < -0.3 is 10.4 Å². The van der Waals surface area contributed by atoms with E-state index >= 15 is 0 Å². The summed E-state index contributed by atoms with van der Waals surface area (Å²) < 4.78 is 0. The molecule has 136 valence electrons. The predicted molar refractivity (Wildman–Crippen MR) is 101 cm³/mol. The Bertz CT molecular complexity index is 767. The van der Waals surface area contributed by atoms with E-state index in [2.05, 4.69) is 15.2 Å². The highest BCUT2D eigenvalue weighted by molar-refractivity contribution is 6.30. The summed E-state index contributed by atoms with van der Waals surface area (Å²) in [5.74, 6) is -0.0347. The molecule has 2 aliphatic heterocycles. The quantitative estimate of drug-likeness (QED) is 0.866. The van der Waals surface area contributed by atoms with Crippen LogP contribution >= 0.6 is 11.6 Å². The average Bonchev–Trinajstić information content (AvgIpc) is 2.88. The maximum atomic E-state index is 12.5. The van der Waals surface area contributed by atoms with Crippen LogP contribution in [0.3, 0.4) is 0 Å². The molecule has 0 spiro atoms.